The van der Waals surface area contributed by atoms with Crippen molar-refractivity contribution in [3.63, 3.8) is 0 Å². The second kappa shape index (κ2) is 8.32. The van der Waals surface area contributed by atoms with Crippen LogP contribution in [0.3, 0.4) is 0 Å². The van der Waals surface area contributed by atoms with Crippen molar-refractivity contribution < 1.29 is 9.53 Å². The summed E-state index contributed by atoms with van der Waals surface area (Å²) in [5, 5.41) is 12.1. The molecular formula is C16H23N5O2. The minimum atomic E-state index is -0.167. The number of hydrogen-bond donors (Lipinski definition) is 1. The SMILES string of the molecule is CCC(CC)NC(=O)N1CCCC(Oc2nccnc2C#N)C1. The van der Waals surface area contributed by atoms with Crippen molar-refractivity contribution in [2.75, 3.05) is 13.1 Å². The molecule has 1 aliphatic rings. The van der Waals surface area contributed by atoms with E-state index >= 15 is 0 Å². The third-order valence-corrected chi connectivity index (χ3v) is 4.03. The molecule has 0 spiro atoms. The van der Waals surface area contributed by atoms with E-state index < -0.39 is 0 Å². The van der Waals surface area contributed by atoms with Crippen LogP contribution in [0.4, 0.5) is 4.79 Å². The number of hydrogen-bond acceptors (Lipinski definition) is 5. The van der Waals surface area contributed by atoms with E-state index in [1.165, 1.54) is 12.4 Å². The molecule has 2 heterocycles. The predicted octanol–water partition coefficient (Wildman–Crippen LogP) is 2.09. The highest BCUT2D eigenvalue weighted by Crippen LogP contribution is 2.18. The Bertz CT molecular complexity index is 568. The number of ether oxygens (including phenoxy) is 1. The van der Waals surface area contributed by atoms with Gasteiger partial charge in [-0.25, -0.2) is 14.8 Å². The summed E-state index contributed by atoms with van der Waals surface area (Å²) in [6.45, 7) is 5.34. The highest BCUT2D eigenvalue weighted by molar-refractivity contribution is 5.74. The van der Waals surface area contributed by atoms with Gasteiger partial charge in [-0.2, -0.15) is 5.26 Å². The van der Waals surface area contributed by atoms with Gasteiger partial charge in [0.1, 0.15) is 12.2 Å². The van der Waals surface area contributed by atoms with E-state index in [9.17, 15) is 4.79 Å². The number of urea groups is 1. The van der Waals surface area contributed by atoms with Crippen molar-refractivity contribution in [2.45, 2.75) is 51.7 Å². The Morgan fingerprint density at radius 2 is 2.22 bits per heavy atom. The van der Waals surface area contributed by atoms with Gasteiger partial charge in [-0.05, 0) is 25.7 Å². The van der Waals surface area contributed by atoms with E-state index in [1.54, 1.807) is 4.90 Å². The number of nitriles is 1. The van der Waals surface area contributed by atoms with Crippen molar-refractivity contribution in [3.8, 4) is 11.9 Å². The van der Waals surface area contributed by atoms with Crippen molar-refractivity contribution in [3.05, 3.63) is 18.1 Å². The highest BCUT2D eigenvalue weighted by Gasteiger charge is 2.26. The molecule has 7 heteroatoms. The van der Waals surface area contributed by atoms with Gasteiger partial charge in [0.05, 0.1) is 6.54 Å². The number of carbonyl (C=O) groups excluding carboxylic acids is 1. The number of amides is 2. The molecule has 7 nitrogen and oxygen atoms in total. The van der Waals surface area contributed by atoms with Gasteiger partial charge in [0.15, 0.2) is 0 Å². The molecule has 124 valence electrons. The predicted molar refractivity (Wildman–Crippen MR) is 84.9 cm³/mol. The summed E-state index contributed by atoms with van der Waals surface area (Å²) in [6.07, 6.45) is 6.32. The molecule has 1 fully saturated rings. The Morgan fingerprint density at radius 3 is 2.91 bits per heavy atom. The fourth-order valence-corrected chi connectivity index (χ4v) is 2.62. The number of aromatic nitrogens is 2. The molecule has 2 amide bonds. The second-order valence-electron chi connectivity index (χ2n) is 5.61. The van der Waals surface area contributed by atoms with E-state index in [2.05, 4.69) is 29.1 Å². The largest absolute Gasteiger partial charge is 0.470 e. The summed E-state index contributed by atoms with van der Waals surface area (Å²) < 4.78 is 5.80. The molecule has 1 aromatic rings. The number of carbonyl (C=O) groups is 1. The Hall–Kier alpha value is -2.36. The van der Waals surface area contributed by atoms with Gasteiger partial charge in [0, 0.05) is 25.0 Å². The quantitative estimate of drug-likeness (QED) is 0.898. The van der Waals surface area contributed by atoms with Crippen LogP contribution in [0.5, 0.6) is 5.88 Å². The third kappa shape index (κ3) is 4.55. The zero-order valence-corrected chi connectivity index (χ0v) is 13.7. The van der Waals surface area contributed by atoms with E-state index in [0.717, 1.165) is 32.2 Å². The van der Waals surface area contributed by atoms with Crippen LogP contribution in [-0.4, -0.2) is 46.1 Å². The minimum Gasteiger partial charge on any atom is -0.470 e. The second-order valence-corrected chi connectivity index (χ2v) is 5.61. The lowest BCUT2D eigenvalue weighted by Gasteiger charge is -2.33. The number of rotatable bonds is 5. The van der Waals surface area contributed by atoms with Crippen LogP contribution >= 0.6 is 0 Å². The Morgan fingerprint density at radius 1 is 1.48 bits per heavy atom. The molecule has 0 aromatic carbocycles. The molecule has 1 N–H and O–H groups in total. The van der Waals surface area contributed by atoms with Gasteiger partial charge in [-0.3, -0.25) is 0 Å². The van der Waals surface area contributed by atoms with Crippen LogP contribution < -0.4 is 10.1 Å². The molecule has 1 atom stereocenters. The molecule has 0 bridgehead atoms. The lowest BCUT2D eigenvalue weighted by Crippen LogP contribution is -2.50. The fraction of sp³-hybridized carbons (Fsp3) is 0.625. The maximum Gasteiger partial charge on any atom is 0.317 e. The third-order valence-electron chi connectivity index (χ3n) is 4.03. The van der Waals surface area contributed by atoms with Crippen molar-refractivity contribution >= 4 is 6.03 Å². The molecule has 2 rings (SSSR count). The average molecular weight is 317 g/mol. The minimum absolute atomic E-state index is 0.0494. The molecule has 0 aliphatic carbocycles. The highest BCUT2D eigenvalue weighted by atomic mass is 16.5. The summed E-state index contributed by atoms with van der Waals surface area (Å²) in [7, 11) is 0. The monoisotopic (exact) mass is 317 g/mol. The van der Waals surface area contributed by atoms with E-state index in [1.807, 2.05) is 6.07 Å². The average Bonchev–Trinajstić information content (AvgIpc) is 2.60. The first-order chi connectivity index (χ1) is 11.2. The number of nitrogens with zero attached hydrogens (tertiary/aromatic N) is 4. The lowest BCUT2D eigenvalue weighted by molar-refractivity contribution is 0.0959. The van der Waals surface area contributed by atoms with Gasteiger partial charge >= 0.3 is 6.03 Å². The van der Waals surface area contributed by atoms with Gasteiger partial charge in [-0.15, -0.1) is 0 Å². The Labute approximate surface area is 136 Å². The Kier molecular flexibility index (Phi) is 6.15. The van der Waals surface area contributed by atoms with Gasteiger partial charge < -0.3 is 15.0 Å². The summed E-state index contributed by atoms with van der Waals surface area (Å²) >= 11 is 0. The number of nitrogens with one attached hydrogen (secondary N) is 1. The summed E-state index contributed by atoms with van der Waals surface area (Å²) in [6, 6.07) is 2.12. The first-order valence-corrected chi connectivity index (χ1v) is 8.11. The topological polar surface area (TPSA) is 91.1 Å². The molecule has 1 aliphatic heterocycles. The van der Waals surface area contributed by atoms with Crippen LogP contribution in [-0.2, 0) is 0 Å². The molecular weight excluding hydrogens is 294 g/mol. The van der Waals surface area contributed by atoms with Crippen LogP contribution in [0.2, 0.25) is 0 Å². The van der Waals surface area contributed by atoms with Crippen LogP contribution in [0.1, 0.15) is 45.2 Å². The summed E-state index contributed by atoms with van der Waals surface area (Å²) in [5.74, 6) is 0.238. The number of piperidine rings is 1. The van der Waals surface area contributed by atoms with Crippen LogP contribution in [0, 0.1) is 11.3 Å². The van der Waals surface area contributed by atoms with Crippen LogP contribution in [0.25, 0.3) is 0 Å². The van der Waals surface area contributed by atoms with Gasteiger partial charge in [0.2, 0.25) is 5.69 Å². The first-order valence-electron chi connectivity index (χ1n) is 8.11. The smallest absolute Gasteiger partial charge is 0.317 e. The van der Waals surface area contributed by atoms with Crippen LogP contribution in [0.15, 0.2) is 12.4 Å². The fourth-order valence-electron chi connectivity index (χ4n) is 2.62. The van der Waals surface area contributed by atoms with E-state index in [-0.39, 0.29) is 29.8 Å². The lowest BCUT2D eigenvalue weighted by atomic mass is 10.1. The van der Waals surface area contributed by atoms with Crippen molar-refractivity contribution in [2.24, 2.45) is 0 Å². The van der Waals surface area contributed by atoms with Crippen molar-refractivity contribution in [1.82, 2.24) is 20.2 Å². The van der Waals surface area contributed by atoms with E-state index in [0.29, 0.717) is 6.54 Å². The summed E-state index contributed by atoms with van der Waals surface area (Å²) in [4.78, 5) is 22.1. The molecule has 0 radical (unpaired) electrons. The van der Waals surface area contributed by atoms with Gasteiger partial charge in [0.25, 0.3) is 5.88 Å². The maximum atomic E-state index is 12.3. The zero-order chi connectivity index (χ0) is 16.7. The molecule has 1 unspecified atom stereocenters. The van der Waals surface area contributed by atoms with Gasteiger partial charge in [-0.1, -0.05) is 13.8 Å². The van der Waals surface area contributed by atoms with Crippen molar-refractivity contribution in [1.29, 1.82) is 5.26 Å². The van der Waals surface area contributed by atoms with E-state index in [4.69, 9.17) is 10.00 Å². The molecule has 23 heavy (non-hydrogen) atoms. The number of likely N-dealkylation sites (tertiary alicyclic amines) is 1. The first kappa shape index (κ1) is 17.0. The standard InChI is InChI=1S/C16H23N5O2/c1-3-12(4-2)20-16(22)21-9-5-6-13(11-21)23-15-14(10-17)18-7-8-19-15/h7-8,12-13H,3-6,9,11H2,1-2H3,(H,20,22). The normalized spacial score (nSPS) is 17.7. The Balaban J connectivity index is 1.95. The molecule has 1 aromatic heterocycles. The summed E-state index contributed by atoms with van der Waals surface area (Å²) in [5.41, 5.74) is 0.172. The maximum absolute atomic E-state index is 12.3. The zero-order valence-electron chi connectivity index (χ0n) is 13.7. The molecule has 1 saturated heterocycles. The molecule has 0 saturated carbocycles.